The summed E-state index contributed by atoms with van der Waals surface area (Å²) in [6, 6.07) is 0.0442. The van der Waals surface area contributed by atoms with Crippen molar-refractivity contribution in [1.29, 1.82) is 0 Å². The molecule has 68 valence electrons. The van der Waals surface area contributed by atoms with Gasteiger partial charge in [0.1, 0.15) is 0 Å². The van der Waals surface area contributed by atoms with Crippen LogP contribution in [0.15, 0.2) is 17.1 Å². The second-order valence-electron chi connectivity index (χ2n) is 2.43. The molecule has 6 nitrogen and oxygen atoms in total. The van der Waals surface area contributed by atoms with Crippen molar-refractivity contribution in [2.45, 2.75) is 0 Å². The van der Waals surface area contributed by atoms with Crippen molar-refractivity contribution < 1.29 is 19.2 Å². The lowest BCUT2D eigenvalue weighted by molar-refractivity contribution is -0.170. The second kappa shape index (κ2) is 2.89. The summed E-state index contributed by atoms with van der Waals surface area (Å²) in [5.41, 5.74) is 0. The van der Waals surface area contributed by atoms with Crippen molar-refractivity contribution in [2.24, 2.45) is 4.99 Å². The van der Waals surface area contributed by atoms with Crippen LogP contribution in [0, 0.1) is 0 Å². The standard InChI is InChI=1S/C7H6N2O4/c10-5-1-2-6(11)13-9-4-3-8-7(9)12-5/h1-2H,3-4H2/b2-1+. The van der Waals surface area contributed by atoms with Gasteiger partial charge in [-0.1, -0.05) is 0 Å². The van der Waals surface area contributed by atoms with Crippen molar-refractivity contribution in [3.8, 4) is 0 Å². The number of hydroxylamine groups is 2. The number of carbonyl (C=O) groups is 2. The third kappa shape index (κ3) is 1.51. The quantitative estimate of drug-likeness (QED) is 0.460. The van der Waals surface area contributed by atoms with Crippen LogP contribution in [0.25, 0.3) is 0 Å². The maximum absolute atomic E-state index is 10.9. The van der Waals surface area contributed by atoms with Crippen molar-refractivity contribution in [1.82, 2.24) is 5.06 Å². The molecule has 13 heavy (non-hydrogen) atoms. The summed E-state index contributed by atoms with van der Waals surface area (Å²) in [4.78, 5) is 30.4. The van der Waals surface area contributed by atoms with E-state index in [0.717, 1.165) is 17.2 Å². The van der Waals surface area contributed by atoms with Crippen LogP contribution in [0.4, 0.5) is 0 Å². The van der Waals surface area contributed by atoms with Crippen LogP contribution in [0.1, 0.15) is 0 Å². The fraction of sp³-hybridized carbons (Fsp3) is 0.286. The number of fused-ring (bicyclic) bond motifs is 1. The third-order valence-corrected chi connectivity index (χ3v) is 1.51. The zero-order chi connectivity index (χ0) is 9.26. The van der Waals surface area contributed by atoms with E-state index in [0.29, 0.717) is 13.1 Å². The Morgan fingerprint density at radius 1 is 1.31 bits per heavy atom. The Morgan fingerprint density at radius 2 is 2.08 bits per heavy atom. The van der Waals surface area contributed by atoms with Gasteiger partial charge >= 0.3 is 18.0 Å². The Balaban J connectivity index is 2.24. The van der Waals surface area contributed by atoms with Gasteiger partial charge in [-0.25, -0.2) is 14.6 Å². The van der Waals surface area contributed by atoms with Gasteiger partial charge in [-0.05, 0) is 0 Å². The van der Waals surface area contributed by atoms with E-state index in [9.17, 15) is 9.59 Å². The lowest BCUT2D eigenvalue weighted by Crippen LogP contribution is -2.34. The normalized spacial score (nSPS) is 23.7. The van der Waals surface area contributed by atoms with Gasteiger partial charge in [0.25, 0.3) is 0 Å². The molecule has 0 radical (unpaired) electrons. The van der Waals surface area contributed by atoms with E-state index in [4.69, 9.17) is 9.57 Å². The fourth-order valence-electron chi connectivity index (χ4n) is 0.978. The summed E-state index contributed by atoms with van der Waals surface area (Å²) in [5.74, 6) is -1.23. The van der Waals surface area contributed by atoms with E-state index >= 15 is 0 Å². The molecular formula is C7H6N2O4. The van der Waals surface area contributed by atoms with E-state index in [1.807, 2.05) is 0 Å². The van der Waals surface area contributed by atoms with Gasteiger partial charge in [0.05, 0.1) is 13.1 Å². The van der Waals surface area contributed by atoms with E-state index in [1.54, 1.807) is 0 Å². The fourth-order valence-corrected chi connectivity index (χ4v) is 0.978. The predicted molar refractivity (Wildman–Crippen MR) is 40.3 cm³/mol. The summed E-state index contributed by atoms with van der Waals surface area (Å²) in [6.45, 7) is 0.873. The molecule has 2 aliphatic rings. The first-order chi connectivity index (χ1) is 6.25. The zero-order valence-electron chi connectivity index (χ0n) is 6.60. The van der Waals surface area contributed by atoms with Gasteiger partial charge in [0.2, 0.25) is 0 Å². The molecule has 0 unspecified atom stereocenters. The first kappa shape index (κ1) is 7.78. The van der Waals surface area contributed by atoms with Crippen LogP contribution in [-0.4, -0.2) is 36.1 Å². The average molecular weight is 182 g/mol. The number of rotatable bonds is 0. The maximum Gasteiger partial charge on any atom is 0.356 e. The average Bonchev–Trinajstić information content (AvgIpc) is 2.47. The van der Waals surface area contributed by atoms with Gasteiger partial charge in [-0.2, -0.15) is 5.06 Å². The minimum Gasteiger partial charge on any atom is -0.387 e. The van der Waals surface area contributed by atoms with E-state index < -0.39 is 11.9 Å². The molecule has 2 aliphatic heterocycles. The topological polar surface area (TPSA) is 68.2 Å². The summed E-state index contributed by atoms with van der Waals surface area (Å²) in [7, 11) is 0. The molecule has 0 amide bonds. The van der Waals surface area contributed by atoms with Crippen LogP contribution in [0.3, 0.4) is 0 Å². The molecule has 0 atom stereocenters. The highest BCUT2D eigenvalue weighted by Gasteiger charge is 2.25. The van der Waals surface area contributed by atoms with Gasteiger partial charge in [-0.3, -0.25) is 0 Å². The number of ether oxygens (including phenoxy) is 1. The molecular weight excluding hydrogens is 176 g/mol. The molecule has 2 rings (SSSR count). The summed E-state index contributed by atoms with van der Waals surface area (Å²) >= 11 is 0. The summed E-state index contributed by atoms with van der Waals surface area (Å²) in [6.07, 6.45) is 2.01. The molecule has 6 heteroatoms. The minimum absolute atomic E-state index is 0.0442. The predicted octanol–water partition coefficient (Wildman–Crippen LogP) is -0.771. The van der Waals surface area contributed by atoms with Crippen LogP contribution in [0.2, 0.25) is 0 Å². The molecule has 0 saturated carbocycles. The van der Waals surface area contributed by atoms with Gasteiger partial charge in [-0.15, -0.1) is 0 Å². The van der Waals surface area contributed by atoms with Crippen LogP contribution >= 0.6 is 0 Å². The minimum atomic E-state index is -0.623. The van der Waals surface area contributed by atoms with Crippen LogP contribution < -0.4 is 0 Å². The molecule has 0 aromatic heterocycles. The highest BCUT2D eigenvalue weighted by atomic mass is 16.7. The highest BCUT2D eigenvalue weighted by Crippen LogP contribution is 2.07. The maximum atomic E-state index is 10.9. The summed E-state index contributed by atoms with van der Waals surface area (Å²) < 4.78 is 4.74. The first-order valence-corrected chi connectivity index (χ1v) is 3.69. The first-order valence-electron chi connectivity index (χ1n) is 3.69. The van der Waals surface area contributed by atoms with Gasteiger partial charge in [0, 0.05) is 12.2 Å². The molecule has 0 N–H and O–H groups in total. The molecule has 0 saturated heterocycles. The van der Waals surface area contributed by atoms with Crippen molar-refractivity contribution >= 4 is 18.0 Å². The number of esters is 1. The molecule has 0 fully saturated rings. The Morgan fingerprint density at radius 3 is 2.92 bits per heavy atom. The van der Waals surface area contributed by atoms with Gasteiger partial charge < -0.3 is 9.57 Å². The highest BCUT2D eigenvalue weighted by molar-refractivity contribution is 5.99. The Kier molecular flexibility index (Phi) is 1.73. The lowest BCUT2D eigenvalue weighted by Gasteiger charge is -2.17. The monoisotopic (exact) mass is 182 g/mol. The third-order valence-electron chi connectivity index (χ3n) is 1.51. The molecule has 2 heterocycles. The van der Waals surface area contributed by atoms with E-state index in [-0.39, 0.29) is 6.02 Å². The second-order valence-corrected chi connectivity index (χ2v) is 2.43. The number of carbonyl (C=O) groups excluding carboxylic acids is 2. The number of hydrogen-bond acceptors (Lipinski definition) is 6. The van der Waals surface area contributed by atoms with Gasteiger partial charge in [0.15, 0.2) is 0 Å². The number of aliphatic imine (C=N–C) groups is 1. The SMILES string of the molecule is O=C1/C=C/C(=O)ON2CCN=C2O1. The van der Waals surface area contributed by atoms with Crippen molar-refractivity contribution in [3.63, 3.8) is 0 Å². The molecule has 0 aromatic carbocycles. The van der Waals surface area contributed by atoms with Crippen LogP contribution in [-0.2, 0) is 19.2 Å². The molecule has 0 aliphatic carbocycles. The smallest absolute Gasteiger partial charge is 0.356 e. The van der Waals surface area contributed by atoms with Crippen LogP contribution in [0.5, 0.6) is 0 Å². The number of nitrogens with zero attached hydrogens (tertiary/aromatic N) is 2. The van der Waals surface area contributed by atoms with E-state index in [2.05, 4.69) is 4.99 Å². The number of amidine groups is 1. The Bertz CT molecular complexity index is 320. The van der Waals surface area contributed by atoms with E-state index in [1.165, 1.54) is 0 Å². The van der Waals surface area contributed by atoms with Crippen molar-refractivity contribution in [2.75, 3.05) is 13.1 Å². The molecule has 0 aromatic rings. The molecule has 0 bridgehead atoms. The van der Waals surface area contributed by atoms with Crippen molar-refractivity contribution in [3.05, 3.63) is 12.2 Å². The number of hydrogen-bond donors (Lipinski definition) is 0. The Hall–Kier alpha value is -1.85. The summed E-state index contributed by atoms with van der Waals surface area (Å²) in [5, 5.41) is 1.16. The zero-order valence-corrected chi connectivity index (χ0v) is 6.60. The Labute approximate surface area is 73.4 Å². The largest absolute Gasteiger partial charge is 0.387 e. The molecule has 0 spiro atoms. The lowest BCUT2D eigenvalue weighted by atomic mass is 10.5.